The number of hydrogen-bond acceptors (Lipinski definition) is 6. The van der Waals surface area contributed by atoms with E-state index in [1.807, 2.05) is 6.92 Å². The van der Waals surface area contributed by atoms with Crippen LogP contribution in [-0.4, -0.2) is 49.5 Å². The Hall–Kier alpha value is -2.78. The smallest absolute Gasteiger partial charge is 0.243 e. The molecular formula is C20H22N2O6S. The number of ether oxygens (including phenoxy) is 2. The number of carbonyl (C=O) groups excluding carboxylic acids is 1. The van der Waals surface area contributed by atoms with Crippen molar-refractivity contribution in [3.8, 4) is 17.2 Å². The zero-order chi connectivity index (χ0) is 20.6. The molecule has 1 atom stereocenters. The summed E-state index contributed by atoms with van der Waals surface area (Å²) in [6, 6.07) is 8.49. The Morgan fingerprint density at radius 1 is 1.14 bits per heavy atom. The zero-order valence-electron chi connectivity index (χ0n) is 15.9. The van der Waals surface area contributed by atoms with Crippen LogP contribution >= 0.6 is 0 Å². The number of amides is 1. The molecule has 1 saturated heterocycles. The van der Waals surface area contributed by atoms with Gasteiger partial charge in [-0.15, -0.1) is 0 Å². The summed E-state index contributed by atoms with van der Waals surface area (Å²) in [5, 5.41) is 12.7. The second-order valence-electron chi connectivity index (χ2n) is 7.09. The Morgan fingerprint density at radius 2 is 1.90 bits per heavy atom. The van der Waals surface area contributed by atoms with E-state index < -0.39 is 22.0 Å². The molecule has 29 heavy (non-hydrogen) atoms. The lowest BCUT2D eigenvalue weighted by Crippen LogP contribution is -2.43. The zero-order valence-corrected chi connectivity index (χ0v) is 16.7. The third kappa shape index (κ3) is 3.75. The molecule has 0 radical (unpaired) electrons. The molecule has 9 heteroatoms. The average Bonchev–Trinajstić information content (AvgIpc) is 3.20. The highest BCUT2D eigenvalue weighted by Crippen LogP contribution is 2.35. The molecule has 154 valence electrons. The first kappa shape index (κ1) is 19.5. The highest BCUT2D eigenvalue weighted by Gasteiger charge is 2.40. The summed E-state index contributed by atoms with van der Waals surface area (Å²) < 4.78 is 38.5. The average molecular weight is 418 g/mol. The molecule has 4 rings (SSSR count). The van der Waals surface area contributed by atoms with E-state index in [0.29, 0.717) is 37.6 Å². The second-order valence-corrected chi connectivity index (χ2v) is 8.98. The fourth-order valence-electron chi connectivity index (χ4n) is 3.57. The minimum absolute atomic E-state index is 0.0552. The largest absolute Gasteiger partial charge is 0.506 e. The number of carbonyl (C=O) groups is 1. The Morgan fingerprint density at radius 3 is 2.66 bits per heavy atom. The first-order chi connectivity index (χ1) is 13.9. The van der Waals surface area contributed by atoms with Crippen molar-refractivity contribution in [2.45, 2.75) is 30.7 Å². The van der Waals surface area contributed by atoms with Crippen LogP contribution in [0.3, 0.4) is 0 Å². The molecule has 0 aliphatic carbocycles. The van der Waals surface area contributed by atoms with Gasteiger partial charge in [-0.25, -0.2) is 8.42 Å². The predicted molar refractivity (Wildman–Crippen MR) is 106 cm³/mol. The van der Waals surface area contributed by atoms with Gasteiger partial charge in [0, 0.05) is 12.6 Å². The summed E-state index contributed by atoms with van der Waals surface area (Å²) in [5.41, 5.74) is 1.10. The number of nitrogens with zero attached hydrogens (tertiary/aromatic N) is 1. The standard InChI is InChI=1S/C20H22N2O6S/c1-13-4-6-15(17(23)11-13)21-20(24)16-3-2-8-22(16)29(25,26)14-5-7-18-19(12-14)28-10-9-27-18/h4-7,11-12,16,23H,2-3,8-10H2,1H3,(H,21,24)/t16-/m0/s1. The van der Waals surface area contributed by atoms with Crippen molar-refractivity contribution in [2.24, 2.45) is 0 Å². The maximum Gasteiger partial charge on any atom is 0.243 e. The Kier molecular flexibility index (Phi) is 5.10. The molecule has 0 spiro atoms. The summed E-state index contributed by atoms with van der Waals surface area (Å²) in [7, 11) is -3.90. The first-order valence-electron chi connectivity index (χ1n) is 9.38. The third-order valence-corrected chi connectivity index (χ3v) is 6.94. The van der Waals surface area contributed by atoms with Gasteiger partial charge < -0.3 is 19.9 Å². The van der Waals surface area contributed by atoms with Crippen LogP contribution in [0.2, 0.25) is 0 Å². The summed E-state index contributed by atoms with van der Waals surface area (Å²) >= 11 is 0. The van der Waals surface area contributed by atoms with E-state index in [9.17, 15) is 18.3 Å². The molecule has 2 aliphatic rings. The number of aryl methyl sites for hydroxylation is 1. The molecule has 2 aromatic carbocycles. The van der Waals surface area contributed by atoms with Gasteiger partial charge in [0.25, 0.3) is 0 Å². The Balaban J connectivity index is 1.57. The van der Waals surface area contributed by atoms with E-state index in [4.69, 9.17) is 9.47 Å². The fourth-order valence-corrected chi connectivity index (χ4v) is 5.25. The second kappa shape index (κ2) is 7.57. The van der Waals surface area contributed by atoms with Gasteiger partial charge in [0.15, 0.2) is 11.5 Å². The van der Waals surface area contributed by atoms with Gasteiger partial charge in [0.05, 0.1) is 10.6 Å². The van der Waals surface area contributed by atoms with E-state index >= 15 is 0 Å². The highest BCUT2D eigenvalue weighted by molar-refractivity contribution is 7.89. The minimum atomic E-state index is -3.90. The van der Waals surface area contributed by atoms with Crippen LogP contribution in [0, 0.1) is 6.92 Å². The maximum atomic E-state index is 13.2. The van der Waals surface area contributed by atoms with E-state index in [2.05, 4.69) is 5.32 Å². The van der Waals surface area contributed by atoms with Crippen molar-refractivity contribution < 1.29 is 27.8 Å². The summed E-state index contributed by atoms with van der Waals surface area (Å²) in [6.45, 7) is 2.84. The van der Waals surface area contributed by atoms with Crippen LogP contribution in [0.15, 0.2) is 41.3 Å². The SMILES string of the molecule is Cc1ccc(NC(=O)[C@@H]2CCCN2S(=O)(=O)c2ccc3c(c2)OCCO3)c(O)c1. The first-order valence-corrected chi connectivity index (χ1v) is 10.8. The molecule has 0 saturated carbocycles. The number of hydrogen-bond donors (Lipinski definition) is 2. The lowest BCUT2D eigenvalue weighted by atomic mass is 10.2. The van der Waals surface area contributed by atoms with Crippen LogP contribution in [0.25, 0.3) is 0 Å². The van der Waals surface area contributed by atoms with Crippen LogP contribution in [-0.2, 0) is 14.8 Å². The van der Waals surface area contributed by atoms with Crippen LogP contribution in [0.1, 0.15) is 18.4 Å². The Bertz CT molecular complexity index is 1050. The van der Waals surface area contributed by atoms with E-state index in [1.54, 1.807) is 18.2 Å². The van der Waals surface area contributed by atoms with Gasteiger partial charge in [0.1, 0.15) is 25.0 Å². The van der Waals surface area contributed by atoms with Gasteiger partial charge in [-0.3, -0.25) is 4.79 Å². The van der Waals surface area contributed by atoms with Gasteiger partial charge >= 0.3 is 0 Å². The number of aromatic hydroxyl groups is 1. The number of sulfonamides is 1. The van der Waals surface area contributed by atoms with E-state index in [0.717, 1.165) is 5.56 Å². The lowest BCUT2D eigenvalue weighted by Gasteiger charge is -2.25. The van der Waals surface area contributed by atoms with Crippen molar-refractivity contribution >= 4 is 21.6 Å². The van der Waals surface area contributed by atoms with Gasteiger partial charge in [-0.2, -0.15) is 4.31 Å². The van der Waals surface area contributed by atoms with E-state index in [-0.39, 0.29) is 22.9 Å². The number of nitrogens with one attached hydrogen (secondary N) is 1. The predicted octanol–water partition coefficient (Wildman–Crippen LogP) is 2.26. The van der Waals surface area contributed by atoms with E-state index in [1.165, 1.54) is 22.5 Å². The number of phenolic OH excluding ortho intramolecular Hbond substituents is 1. The van der Waals surface area contributed by atoms with Crippen LogP contribution < -0.4 is 14.8 Å². The number of fused-ring (bicyclic) bond motifs is 1. The number of phenols is 1. The topological polar surface area (TPSA) is 105 Å². The number of benzene rings is 2. The third-order valence-electron chi connectivity index (χ3n) is 5.04. The van der Waals surface area contributed by atoms with Crippen molar-refractivity contribution in [1.82, 2.24) is 4.31 Å². The molecule has 0 bridgehead atoms. The van der Waals surface area contributed by atoms with Crippen LogP contribution in [0.5, 0.6) is 17.2 Å². The van der Waals surface area contributed by atoms with Gasteiger partial charge in [-0.1, -0.05) is 6.07 Å². The van der Waals surface area contributed by atoms with Crippen molar-refractivity contribution in [3.05, 3.63) is 42.0 Å². The molecule has 8 nitrogen and oxygen atoms in total. The lowest BCUT2D eigenvalue weighted by molar-refractivity contribution is -0.119. The summed E-state index contributed by atoms with van der Waals surface area (Å²) in [4.78, 5) is 12.9. The molecule has 2 N–H and O–H groups in total. The number of rotatable bonds is 4. The highest BCUT2D eigenvalue weighted by atomic mass is 32.2. The molecule has 2 aliphatic heterocycles. The van der Waals surface area contributed by atoms with Crippen molar-refractivity contribution in [2.75, 3.05) is 25.1 Å². The summed E-state index contributed by atoms with van der Waals surface area (Å²) in [5.74, 6) is 0.350. The molecule has 2 aromatic rings. The fraction of sp³-hybridized carbons (Fsp3) is 0.350. The van der Waals surface area contributed by atoms with Gasteiger partial charge in [0.2, 0.25) is 15.9 Å². The molecular weight excluding hydrogens is 396 g/mol. The molecule has 2 heterocycles. The maximum absolute atomic E-state index is 13.2. The van der Waals surface area contributed by atoms with Crippen LogP contribution in [0.4, 0.5) is 5.69 Å². The Labute approximate surface area is 169 Å². The monoisotopic (exact) mass is 418 g/mol. The minimum Gasteiger partial charge on any atom is -0.506 e. The molecule has 0 aromatic heterocycles. The molecule has 1 amide bonds. The molecule has 0 unspecified atom stereocenters. The van der Waals surface area contributed by atoms with Crippen molar-refractivity contribution in [1.29, 1.82) is 0 Å². The van der Waals surface area contributed by atoms with Gasteiger partial charge in [-0.05, 0) is 49.6 Å². The quantitative estimate of drug-likeness (QED) is 0.738. The molecule has 1 fully saturated rings. The normalized spacial score (nSPS) is 19.1. The number of anilines is 1. The van der Waals surface area contributed by atoms with Crippen molar-refractivity contribution in [3.63, 3.8) is 0 Å². The summed E-state index contributed by atoms with van der Waals surface area (Å²) in [6.07, 6.45) is 0.976.